The van der Waals surface area contributed by atoms with Crippen LogP contribution in [-0.2, 0) is 5.41 Å². The summed E-state index contributed by atoms with van der Waals surface area (Å²) in [5.41, 5.74) is 11.9. The van der Waals surface area contributed by atoms with Crippen LogP contribution in [0.4, 0.5) is 0 Å². The number of benzene rings is 6. The fraction of sp³-hybridized carbons (Fsp3) is 0.0714. The molecule has 46 heavy (non-hydrogen) atoms. The molecule has 4 nitrogen and oxygen atoms in total. The maximum atomic E-state index is 6.66. The van der Waals surface area contributed by atoms with Gasteiger partial charge in [0.15, 0.2) is 17.5 Å². The summed E-state index contributed by atoms with van der Waals surface area (Å²) >= 11 is 0. The van der Waals surface area contributed by atoms with Crippen molar-refractivity contribution in [1.82, 2.24) is 15.0 Å². The van der Waals surface area contributed by atoms with Gasteiger partial charge in [0.2, 0.25) is 0 Å². The van der Waals surface area contributed by atoms with Crippen molar-refractivity contribution in [3.05, 3.63) is 151 Å². The van der Waals surface area contributed by atoms with Crippen LogP contribution in [0.25, 0.3) is 78.4 Å². The van der Waals surface area contributed by atoms with E-state index in [1.165, 1.54) is 22.3 Å². The number of aromatic nitrogens is 3. The summed E-state index contributed by atoms with van der Waals surface area (Å²) in [6.45, 7) is 4.65. The highest BCUT2D eigenvalue weighted by atomic mass is 16.3. The van der Waals surface area contributed by atoms with E-state index in [9.17, 15) is 0 Å². The molecule has 8 aromatic rings. The third-order valence-corrected chi connectivity index (χ3v) is 9.34. The zero-order valence-corrected chi connectivity index (χ0v) is 25.5. The Morgan fingerprint density at radius 1 is 0.457 bits per heavy atom. The minimum absolute atomic E-state index is 0.139. The van der Waals surface area contributed by atoms with Crippen molar-refractivity contribution in [3.63, 3.8) is 0 Å². The van der Waals surface area contributed by atoms with Crippen LogP contribution < -0.4 is 0 Å². The van der Waals surface area contributed by atoms with Crippen LogP contribution in [0.3, 0.4) is 0 Å². The first-order valence-corrected chi connectivity index (χ1v) is 15.6. The quantitative estimate of drug-likeness (QED) is 0.204. The van der Waals surface area contributed by atoms with Crippen LogP contribution in [0.1, 0.15) is 25.0 Å². The van der Waals surface area contributed by atoms with E-state index in [-0.39, 0.29) is 5.41 Å². The van der Waals surface area contributed by atoms with E-state index < -0.39 is 0 Å². The lowest BCUT2D eigenvalue weighted by Gasteiger charge is -2.22. The van der Waals surface area contributed by atoms with Gasteiger partial charge in [-0.15, -0.1) is 0 Å². The molecule has 0 spiro atoms. The number of rotatable bonds is 4. The number of nitrogens with zero attached hydrogens (tertiary/aromatic N) is 3. The highest BCUT2D eigenvalue weighted by molar-refractivity contribution is 6.14. The van der Waals surface area contributed by atoms with Gasteiger partial charge in [0.1, 0.15) is 11.2 Å². The molecule has 218 valence electrons. The molecule has 2 aromatic heterocycles. The molecule has 1 aliphatic rings. The summed E-state index contributed by atoms with van der Waals surface area (Å²) in [5, 5.41) is 2.28. The Bertz CT molecular complexity index is 2370. The average molecular weight is 592 g/mol. The summed E-state index contributed by atoms with van der Waals surface area (Å²) in [4.78, 5) is 14.8. The predicted octanol–water partition coefficient (Wildman–Crippen LogP) is 10.7. The lowest BCUT2D eigenvalue weighted by atomic mass is 9.81. The maximum absolute atomic E-state index is 6.66. The average Bonchev–Trinajstić information content (AvgIpc) is 3.60. The van der Waals surface area contributed by atoms with E-state index in [1.807, 2.05) is 66.7 Å². The number of hydrogen-bond donors (Lipinski definition) is 0. The van der Waals surface area contributed by atoms with Crippen LogP contribution >= 0.6 is 0 Å². The second-order valence-electron chi connectivity index (χ2n) is 12.4. The number of furan rings is 1. The lowest BCUT2D eigenvalue weighted by Crippen LogP contribution is -2.14. The molecule has 0 bridgehead atoms. The largest absolute Gasteiger partial charge is 0.455 e. The van der Waals surface area contributed by atoms with Gasteiger partial charge in [-0.25, -0.2) is 15.0 Å². The molecule has 1 aliphatic carbocycles. The molecular weight excluding hydrogens is 562 g/mol. The minimum Gasteiger partial charge on any atom is -0.455 e. The summed E-state index contributed by atoms with van der Waals surface area (Å²) < 4.78 is 6.66. The zero-order chi connectivity index (χ0) is 30.8. The standard InChI is InChI=1S/C42H29N3O/c1-42(2)33-19-11-9-18-31(33)37-34(42)25-32-30-17-10-12-20-35(30)46-38(32)36(37)26-21-23-29(24-22-26)41-44-39(27-13-5-3-6-14-27)43-40(45-41)28-15-7-4-8-16-28/h3-25H,1-2H3. The van der Waals surface area contributed by atoms with Crippen molar-refractivity contribution < 1.29 is 4.42 Å². The maximum Gasteiger partial charge on any atom is 0.164 e. The van der Waals surface area contributed by atoms with Crippen LogP contribution in [0.15, 0.2) is 144 Å². The summed E-state index contributed by atoms with van der Waals surface area (Å²) in [6, 6.07) is 48.2. The monoisotopic (exact) mass is 591 g/mol. The van der Waals surface area contributed by atoms with Gasteiger partial charge >= 0.3 is 0 Å². The Morgan fingerprint density at radius 3 is 1.63 bits per heavy atom. The fourth-order valence-corrected chi connectivity index (χ4v) is 7.02. The van der Waals surface area contributed by atoms with Crippen molar-refractivity contribution in [1.29, 1.82) is 0 Å². The molecule has 0 saturated heterocycles. The highest BCUT2D eigenvalue weighted by Gasteiger charge is 2.38. The molecule has 0 atom stereocenters. The van der Waals surface area contributed by atoms with Gasteiger partial charge in [-0.1, -0.05) is 141 Å². The lowest BCUT2D eigenvalue weighted by molar-refractivity contribution is 0.658. The van der Waals surface area contributed by atoms with E-state index in [0.717, 1.165) is 49.8 Å². The first-order valence-electron chi connectivity index (χ1n) is 15.6. The molecule has 0 amide bonds. The van der Waals surface area contributed by atoms with Gasteiger partial charge < -0.3 is 4.42 Å². The van der Waals surface area contributed by atoms with Crippen molar-refractivity contribution in [2.24, 2.45) is 0 Å². The molecule has 0 radical (unpaired) electrons. The molecule has 0 saturated carbocycles. The van der Waals surface area contributed by atoms with Crippen LogP contribution in [0.2, 0.25) is 0 Å². The van der Waals surface area contributed by atoms with Gasteiger partial charge in [-0.2, -0.15) is 0 Å². The molecule has 4 heteroatoms. The number of fused-ring (bicyclic) bond motifs is 6. The Morgan fingerprint density at radius 2 is 0.978 bits per heavy atom. The molecule has 0 aliphatic heterocycles. The third-order valence-electron chi connectivity index (χ3n) is 9.34. The Hall–Kier alpha value is -5.87. The van der Waals surface area contributed by atoms with E-state index in [4.69, 9.17) is 19.4 Å². The Balaban J connectivity index is 1.25. The van der Waals surface area contributed by atoms with E-state index in [1.54, 1.807) is 0 Å². The zero-order valence-electron chi connectivity index (χ0n) is 25.5. The predicted molar refractivity (Wildman–Crippen MR) is 186 cm³/mol. The van der Waals surface area contributed by atoms with Crippen molar-refractivity contribution in [3.8, 4) is 56.4 Å². The summed E-state index contributed by atoms with van der Waals surface area (Å²) in [7, 11) is 0. The van der Waals surface area contributed by atoms with Crippen LogP contribution in [0.5, 0.6) is 0 Å². The van der Waals surface area contributed by atoms with Crippen LogP contribution in [0, 0.1) is 0 Å². The van der Waals surface area contributed by atoms with Gasteiger partial charge in [-0.05, 0) is 39.9 Å². The molecule has 0 unspecified atom stereocenters. The molecule has 9 rings (SSSR count). The molecule has 0 N–H and O–H groups in total. The van der Waals surface area contributed by atoms with Gasteiger partial charge in [0, 0.05) is 38.4 Å². The molecule has 2 heterocycles. The first kappa shape index (κ1) is 26.5. The van der Waals surface area contributed by atoms with Gasteiger partial charge in [0.25, 0.3) is 0 Å². The number of hydrogen-bond acceptors (Lipinski definition) is 4. The Labute approximate surface area is 267 Å². The second kappa shape index (κ2) is 10.1. The fourth-order valence-electron chi connectivity index (χ4n) is 7.02. The second-order valence-corrected chi connectivity index (χ2v) is 12.4. The normalized spacial score (nSPS) is 13.2. The smallest absolute Gasteiger partial charge is 0.164 e. The Kier molecular flexibility index (Phi) is 5.81. The number of para-hydroxylation sites is 1. The summed E-state index contributed by atoms with van der Waals surface area (Å²) in [5.74, 6) is 1.94. The van der Waals surface area contributed by atoms with Crippen molar-refractivity contribution >= 4 is 21.9 Å². The highest BCUT2D eigenvalue weighted by Crippen LogP contribution is 2.55. The van der Waals surface area contributed by atoms with E-state index in [0.29, 0.717) is 17.5 Å². The first-order chi connectivity index (χ1) is 22.6. The SMILES string of the molecule is CC1(C)c2ccccc2-c2c1cc1c(oc3ccccc31)c2-c1ccc(-c2nc(-c3ccccc3)nc(-c3ccccc3)n2)cc1. The van der Waals surface area contributed by atoms with Crippen LogP contribution in [-0.4, -0.2) is 15.0 Å². The van der Waals surface area contributed by atoms with E-state index >= 15 is 0 Å². The molecular formula is C42H29N3O. The van der Waals surface area contributed by atoms with Gasteiger partial charge in [-0.3, -0.25) is 0 Å². The van der Waals surface area contributed by atoms with Crippen molar-refractivity contribution in [2.75, 3.05) is 0 Å². The van der Waals surface area contributed by atoms with Gasteiger partial charge in [0.05, 0.1) is 0 Å². The molecule has 6 aromatic carbocycles. The topological polar surface area (TPSA) is 51.8 Å². The van der Waals surface area contributed by atoms with Crippen molar-refractivity contribution in [2.45, 2.75) is 19.3 Å². The molecule has 0 fully saturated rings. The summed E-state index contributed by atoms with van der Waals surface area (Å²) in [6.07, 6.45) is 0. The third kappa shape index (κ3) is 4.04. The minimum atomic E-state index is -0.139. The van der Waals surface area contributed by atoms with E-state index in [2.05, 4.69) is 86.6 Å².